The first-order valence-corrected chi connectivity index (χ1v) is 6.44. The van der Waals surface area contributed by atoms with Crippen LogP contribution in [0.4, 0.5) is 5.88 Å². The van der Waals surface area contributed by atoms with Crippen LogP contribution < -0.4 is 11.1 Å². The van der Waals surface area contributed by atoms with Crippen LogP contribution in [0.5, 0.6) is 0 Å². The third-order valence-electron chi connectivity index (χ3n) is 2.67. The van der Waals surface area contributed by atoms with Gasteiger partial charge in [0.2, 0.25) is 11.8 Å². The molecule has 0 aliphatic rings. The summed E-state index contributed by atoms with van der Waals surface area (Å²) in [5.74, 6) is 0.334. The summed E-state index contributed by atoms with van der Waals surface area (Å²) in [7, 11) is 0. The summed E-state index contributed by atoms with van der Waals surface area (Å²) < 4.78 is 6.49. The molecule has 8 heteroatoms. The molecule has 20 heavy (non-hydrogen) atoms. The highest BCUT2D eigenvalue weighted by molar-refractivity contribution is 5.89. The van der Waals surface area contributed by atoms with Gasteiger partial charge in [0.05, 0.1) is 11.4 Å². The van der Waals surface area contributed by atoms with E-state index in [1.165, 1.54) is 4.68 Å². The first-order valence-electron chi connectivity index (χ1n) is 6.44. The number of hydrogen-bond donors (Lipinski definition) is 2. The van der Waals surface area contributed by atoms with E-state index in [4.69, 9.17) is 10.3 Å². The molecule has 2 aromatic heterocycles. The number of amides is 1. The molecule has 0 bridgehead atoms. The Hall–Kier alpha value is -2.22. The normalized spacial score (nSPS) is 11.0. The molecule has 108 valence electrons. The molecule has 2 rings (SSSR count). The van der Waals surface area contributed by atoms with Gasteiger partial charge in [-0.15, -0.1) is 5.10 Å². The highest BCUT2D eigenvalue weighted by Crippen LogP contribution is 2.17. The average Bonchev–Trinajstić information content (AvgIpc) is 2.99. The molecule has 0 saturated carbocycles. The SMILES string of the molecule is CC(C)c1cc(NC(=O)Cn2cc(CCN)nn2)on1. The van der Waals surface area contributed by atoms with E-state index in [0.29, 0.717) is 18.8 Å². The van der Waals surface area contributed by atoms with Crippen molar-refractivity contribution < 1.29 is 9.32 Å². The quantitative estimate of drug-likeness (QED) is 0.797. The summed E-state index contributed by atoms with van der Waals surface area (Å²) in [5, 5.41) is 14.3. The van der Waals surface area contributed by atoms with Gasteiger partial charge in [-0.2, -0.15) is 0 Å². The zero-order valence-corrected chi connectivity index (χ0v) is 11.5. The molecule has 0 spiro atoms. The lowest BCUT2D eigenvalue weighted by Crippen LogP contribution is -2.18. The van der Waals surface area contributed by atoms with E-state index in [1.54, 1.807) is 12.3 Å². The minimum atomic E-state index is -0.249. The third kappa shape index (κ3) is 3.64. The maximum atomic E-state index is 11.8. The number of aromatic nitrogens is 4. The van der Waals surface area contributed by atoms with Gasteiger partial charge in [0.15, 0.2) is 0 Å². The Kier molecular flexibility index (Phi) is 4.46. The lowest BCUT2D eigenvalue weighted by molar-refractivity contribution is -0.117. The average molecular weight is 278 g/mol. The van der Waals surface area contributed by atoms with Crippen LogP contribution in [-0.4, -0.2) is 32.6 Å². The first kappa shape index (κ1) is 14.2. The summed E-state index contributed by atoms with van der Waals surface area (Å²) >= 11 is 0. The minimum absolute atomic E-state index is 0.0648. The number of rotatable bonds is 6. The van der Waals surface area contributed by atoms with E-state index >= 15 is 0 Å². The zero-order valence-electron chi connectivity index (χ0n) is 11.5. The molecule has 3 N–H and O–H groups in total. The van der Waals surface area contributed by atoms with Gasteiger partial charge in [-0.3, -0.25) is 10.1 Å². The van der Waals surface area contributed by atoms with E-state index in [1.807, 2.05) is 13.8 Å². The summed E-state index contributed by atoms with van der Waals surface area (Å²) in [6.07, 6.45) is 2.34. The van der Waals surface area contributed by atoms with Crippen LogP contribution in [-0.2, 0) is 17.8 Å². The Labute approximate surface area is 116 Å². The Morgan fingerprint density at radius 2 is 2.35 bits per heavy atom. The van der Waals surface area contributed by atoms with Crippen LogP contribution in [0.1, 0.15) is 31.2 Å². The van der Waals surface area contributed by atoms with Crippen molar-refractivity contribution in [1.29, 1.82) is 0 Å². The molecule has 2 aromatic rings. The summed E-state index contributed by atoms with van der Waals surface area (Å²) in [4.78, 5) is 11.8. The second-order valence-electron chi connectivity index (χ2n) is 4.77. The lowest BCUT2D eigenvalue weighted by atomic mass is 10.1. The standard InChI is InChI=1S/C12H18N6O2/c1-8(2)10-5-12(20-16-10)14-11(19)7-18-6-9(3-4-13)15-17-18/h5-6,8H,3-4,7,13H2,1-2H3,(H,14,19). The van der Waals surface area contributed by atoms with Gasteiger partial charge in [-0.25, -0.2) is 4.68 Å². The molecule has 0 radical (unpaired) electrons. The summed E-state index contributed by atoms with van der Waals surface area (Å²) in [6.45, 7) is 4.56. The molecule has 8 nitrogen and oxygen atoms in total. The van der Waals surface area contributed by atoms with Gasteiger partial charge in [0.1, 0.15) is 6.54 Å². The molecule has 0 fully saturated rings. The smallest absolute Gasteiger partial charge is 0.248 e. The predicted octanol–water partition coefficient (Wildman–Crippen LogP) is 0.529. The van der Waals surface area contributed by atoms with Gasteiger partial charge in [-0.05, 0) is 12.5 Å². The Bertz CT molecular complexity index is 574. The van der Waals surface area contributed by atoms with E-state index in [2.05, 4.69) is 20.8 Å². The van der Waals surface area contributed by atoms with Crippen LogP contribution in [0.2, 0.25) is 0 Å². The molecule has 0 aliphatic carbocycles. The van der Waals surface area contributed by atoms with Crippen LogP contribution >= 0.6 is 0 Å². The molecule has 0 unspecified atom stereocenters. The first-order chi connectivity index (χ1) is 9.58. The zero-order chi connectivity index (χ0) is 14.5. The van der Waals surface area contributed by atoms with Gasteiger partial charge in [0, 0.05) is 18.7 Å². The van der Waals surface area contributed by atoms with Crippen molar-refractivity contribution in [2.45, 2.75) is 32.7 Å². The Morgan fingerprint density at radius 3 is 3.00 bits per heavy atom. The monoisotopic (exact) mass is 278 g/mol. The number of carbonyl (C=O) groups is 1. The van der Waals surface area contributed by atoms with Crippen molar-refractivity contribution in [3.05, 3.63) is 23.7 Å². The molecular formula is C12H18N6O2. The molecule has 1 amide bonds. The van der Waals surface area contributed by atoms with Gasteiger partial charge in [0.25, 0.3) is 0 Å². The van der Waals surface area contributed by atoms with Crippen LogP contribution in [0.25, 0.3) is 0 Å². The second-order valence-corrected chi connectivity index (χ2v) is 4.77. The highest BCUT2D eigenvalue weighted by Gasteiger charge is 2.11. The summed E-state index contributed by atoms with van der Waals surface area (Å²) in [6, 6.07) is 1.71. The number of nitrogens with one attached hydrogen (secondary N) is 1. The van der Waals surface area contributed by atoms with Gasteiger partial charge >= 0.3 is 0 Å². The number of carbonyl (C=O) groups excluding carboxylic acids is 1. The van der Waals surface area contributed by atoms with Crippen molar-refractivity contribution >= 4 is 11.8 Å². The van der Waals surface area contributed by atoms with E-state index < -0.39 is 0 Å². The summed E-state index contributed by atoms with van der Waals surface area (Å²) in [5.41, 5.74) is 6.99. The van der Waals surface area contributed by atoms with E-state index in [0.717, 1.165) is 11.4 Å². The van der Waals surface area contributed by atoms with Crippen LogP contribution in [0.3, 0.4) is 0 Å². The fourth-order valence-corrected chi connectivity index (χ4v) is 1.62. The number of nitrogens with two attached hydrogens (primary N) is 1. The number of nitrogens with zero attached hydrogens (tertiary/aromatic N) is 4. The van der Waals surface area contributed by atoms with Crippen molar-refractivity contribution in [3.8, 4) is 0 Å². The predicted molar refractivity (Wildman–Crippen MR) is 72.0 cm³/mol. The molecule has 0 aromatic carbocycles. The van der Waals surface area contributed by atoms with Gasteiger partial charge < -0.3 is 10.3 Å². The van der Waals surface area contributed by atoms with Crippen LogP contribution in [0.15, 0.2) is 16.8 Å². The van der Waals surface area contributed by atoms with Crippen LogP contribution in [0, 0.1) is 0 Å². The number of hydrogen-bond acceptors (Lipinski definition) is 6. The maximum absolute atomic E-state index is 11.8. The van der Waals surface area contributed by atoms with Crippen molar-refractivity contribution in [2.24, 2.45) is 5.73 Å². The molecule has 0 atom stereocenters. The van der Waals surface area contributed by atoms with Crippen molar-refractivity contribution in [3.63, 3.8) is 0 Å². The van der Waals surface area contributed by atoms with Crippen molar-refractivity contribution in [1.82, 2.24) is 20.2 Å². The van der Waals surface area contributed by atoms with Crippen molar-refractivity contribution in [2.75, 3.05) is 11.9 Å². The Morgan fingerprint density at radius 1 is 1.55 bits per heavy atom. The highest BCUT2D eigenvalue weighted by atomic mass is 16.5. The largest absolute Gasteiger partial charge is 0.338 e. The second kappa shape index (κ2) is 6.29. The fourth-order valence-electron chi connectivity index (χ4n) is 1.62. The van der Waals surface area contributed by atoms with Gasteiger partial charge in [-0.1, -0.05) is 24.2 Å². The fraction of sp³-hybridized carbons (Fsp3) is 0.500. The Balaban J connectivity index is 1.90. The van der Waals surface area contributed by atoms with E-state index in [-0.39, 0.29) is 18.4 Å². The topological polar surface area (TPSA) is 112 Å². The molecule has 0 aliphatic heterocycles. The third-order valence-corrected chi connectivity index (χ3v) is 2.67. The molecule has 2 heterocycles. The lowest BCUT2D eigenvalue weighted by Gasteiger charge is -2.00. The minimum Gasteiger partial charge on any atom is -0.338 e. The molecular weight excluding hydrogens is 260 g/mol. The number of anilines is 1. The molecule has 0 saturated heterocycles. The van der Waals surface area contributed by atoms with E-state index in [9.17, 15) is 4.79 Å². The maximum Gasteiger partial charge on any atom is 0.248 e.